The van der Waals surface area contributed by atoms with Gasteiger partial charge in [-0.15, -0.1) is 0 Å². The molecule has 0 unspecified atom stereocenters. The minimum Gasteiger partial charge on any atom is -0.186 e. The highest BCUT2D eigenvalue weighted by molar-refractivity contribution is 5.20. The maximum absolute atomic E-state index is 8.12. The topological polar surface area (TPSA) is 68.3 Å². The summed E-state index contributed by atoms with van der Waals surface area (Å²) in [5.74, 6) is 0. The Bertz CT molecular complexity index is 113. The van der Waals surface area contributed by atoms with Crippen LogP contribution in [-0.2, 0) is 19.2 Å². The SMILES string of the molecule is CC(C)(C)C.O=C=O.O=C=O. The third kappa shape index (κ3) is 260. The molecule has 0 heterocycles. The van der Waals surface area contributed by atoms with Crippen LogP contribution in [0.15, 0.2) is 0 Å². The van der Waals surface area contributed by atoms with E-state index in [4.69, 9.17) is 19.2 Å². The molecular formula is C7H12O4. The van der Waals surface area contributed by atoms with E-state index in [0.717, 1.165) is 0 Å². The lowest BCUT2D eigenvalue weighted by molar-refractivity contribution is -0.193. The van der Waals surface area contributed by atoms with Crippen molar-refractivity contribution in [3.63, 3.8) is 0 Å². The largest absolute Gasteiger partial charge is 0.373 e. The molecule has 0 amide bonds. The zero-order chi connectivity index (χ0) is 9.91. The first-order chi connectivity index (χ1) is 4.83. The number of hydrogen-bond acceptors (Lipinski definition) is 4. The third-order valence-electron chi connectivity index (χ3n) is 0. The lowest BCUT2D eigenvalue weighted by Gasteiger charge is -2.05. The summed E-state index contributed by atoms with van der Waals surface area (Å²) in [7, 11) is 0. The van der Waals surface area contributed by atoms with Crippen molar-refractivity contribution in [2.24, 2.45) is 5.41 Å². The normalized spacial score (nSPS) is 6.91. The fourth-order valence-corrected chi connectivity index (χ4v) is 0. The quantitative estimate of drug-likeness (QED) is 0.527. The van der Waals surface area contributed by atoms with Gasteiger partial charge in [0, 0.05) is 0 Å². The number of carbonyl (C=O) groups excluding carboxylic acids is 4. The second kappa shape index (κ2) is 11.5. The molecule has 0 aliphatic rings. The van der Waals surface area contributed by atoms with Gasteiger partial charge >= 0.3 is 12.3 Å². The molecule has 0 aromatic rings. The molecule has 4 nitrogen and oxygen atoms in total. The van der Waals surface area contributed by atoms with E-state index < -0.39 is 0 Å². The second-order valence-corrected chi connectivity index (χ2v) is 3.17. The van der Waals surface area contributed by atoms with Gasteiger partial charge in [0.05, 0.1) is 0 Å². The molecule has 0 aliphatic carbocycles. The van der Waals surface area contributed by atoms with E-state index in [0.29, 0.717) is 5.41 Å². The summed E-state index contributed by atoms with van der Waals surface area (Å²) in [6.45, 7) is 8.75. The fourth-order valence-electron chi connectivity index (χ4n) is 0. The molecule has 64 valence electrons. The predicted octanol–water partition coefficient (Wildman–Crippen LogP) is 0.885. The standard InChI is InChI=1S/C5H12.2CO2/c1-5(2,3)4;2*2-1-3/h1-4H3;;. The van der Waals surface area contributed by atoms with Crippen molar-refractivity contribution < 1.29 is 19.2 Å². The minimum atomic E-state index is 0.250. The van der Waals surface area contributed by atoms with Crippen molar-refractivity contribution in [2.75, 3.05) is 0 Å². The summed E-state index contributed by atoms with van der Waals surface area (Å²) >= 11 is 0. The molecule has 11 heavy (non-hydrogen) atoms. The van der Waals surface area contributed by atoms with E-state index in [9.17, 15) is 0 Å². The van der Waals surface area contributed by atoms with Gasteiger partial charge < -0.3 is 0 Å². The Labute approximate surface area is 65.6 Å². The van der Waals surface area contributed by atoms with Crippen LogP contribution in [0.25, 0.3) is 0 Å². The van der Waals surface area contributed by atoms with E-state index >= 15 is 0 Å². The molecule has 0 bridgehead atoms. The first-order valence-corrected chi connectivity index (χ1v) is 2.82. The molecular weight excluding hydrogens is 148 g/mol. The summed E-state index contributed by atoms with van der Waals surface area (Å²) < 4.78 is 0. The molecule has 0 aliphatic heterocycles. The summed E-state index contributed by atoms with van der Waals surface area (Å²) in [5.41, 5.74) is 0.500. The molecule has 4 heteroatoms. The van der Waals surface area contributed by atoms with Gasteiger partial charge in [-0.05, 0) is 5.41 Å². The van der Waals surface area contributed by atoms with Crippen LogP contribution in [0.5, 0.6) is 0 Å². The molecule has 0 fully saturated rings. The van der Waals surface area contributed by atoms with Crippen LogP contribution in [0.3, 0.4) is 0 Å². The van der Waals surface area contributed by atoms with Gasteiger partial charge in [-0.2, -0.15) is 19.2 Å². The zero-order valence-corrected chi connectivity index (χ0v) is 7.13. The van der Waals surface area contributed by atoms with Crippen molar-refractivity contribution in [3.05, 3.63) is 0 Å². The van der Waals surface area contributed by atoms with Crippen LogP contribution >= 0.6 is 0 Å². The molecule has 0 atom stereocenters. The monoisotopic (exact) mass is 160 g/mol. The summed E-state index contributed by atoms with van der Waals surface area (Å²) in [4.78, 5) is 32.5. The van der Waals surface area contributed by atoms with Gasteiger partial charge in [0.2, 0.25) is 0 Å². The van der Waals surface area contributed by atoms with Gasteiger partial charge in [0.25, 0.3) is 0 Å². The summed E-state index contributed by atoms with van der Waals surface area (Å²) in [6, 6.07) is 0. The summed E-state index contributed by atoms with van der Waals surface area (Å²) in [5, 5.41) is 0. The average Bonchev–Trinajstić information content (AvgIpc) is 1.62. The van der Waals surface area contributed by atoms with Gasteiger partial charge in [-0.1, -0.05) is 27.7 Å². The van der Waals surface area contributed by atoms with Crippen LogP contribution in [0.4, 0.5) is 0 Å². The Morgan fingerprint density at radius 3 is 0.727 bits per heavy atom. The van der Waals surface area contributed by atoms with Gasteiger partial charge in [-0.3, -0.25) is 0 Å². The minimum absolute atomic E-state index is 0.250. The molecule has 0 N–H and O–H groups in total. The zero-order valence-electron chi connectivity index (χ0n) is 7.13. The number of rotatable bonds is 0. The van der Waals surface area contributed by atoms with Crippen molar-refractivity contribution >= 4 is 12.3 Å². The third-order valence-corrected chi connectivity index (χ3v) is 0. The Morgan fingerprint density at radius 1 is 0.727 bits per heavy atom. The molecule has 0 aromatic carbocycles. The summed E-state index contributed by atoms with van der Waals surface area (Å²) in [6.07, 6.45) is 0.500. The highest BCUT2D eigenvalue weighted by atomic mass is 16.2. The van der Waals surface area contributed by atoms with Crippen LogP contribution < -0.4 is 0 Å². The van der Waals surface area contributed by atoms with Crippen LogP contribution in [0.2, 0.25) is 0 Å². The Morgan fingerprint density at radius 2 is 0.727 bits per heavy atom. The molecule has 0 aromatic heterocycles. The van der Waals surface area contributed by atoms with Crippen molar-refractivity contribution in [1.29, 1.82) is 0 Å². The Kier molecular flexibility index (Phi) is 17.2. The van der Waals surface area contributed by atoms with Crippen LogP contribution in [0.1, 0.15) is 27.7 Å². The van der Waals surface area contributed by atoms with Gasteiger partial charge in [-0.25, -0.2) is 0 Å². The van der Waals surface area contributed by atoms with Crippen LogP contribution in [0, 0.1) is 5.41 Å². The smallest absolute Gasteiger partial charge is 0.186 e. The van der Waals surface area contributed by atoms with E-state index in [1.807, 2.05) is 0 Å². The molecule has 0 saturated carbocycles. The first-order valence-electron chi connectivity index (χ1n) is 2.82. The predicted molar refractivity (Wildman–Crippen MR) is 35.1 cm³/mol. The molecule has 0 rings (SSSR count). The number of hydrogen-bond donors (Lipinski definition) is 0. The van der Waals surface area contributed by atoms with E-state index in [2.05, 4.69) is 27.7 Å². The van der Waals surface area contributed by atoms with Crippen LogP contribution in [-0.4, -0.2) is 12.3 Å². The molecule has 0 radical (unpaired) electrons. The van der Waals surface area contributed by atoms with E-state index in [-0.39, 0.29) is 12.3 Å². The van der Waals surface area contributed by atoms with E-state index in [1.165, 1.54) is 0 Å². The maximum Gasteiger partial charge on any atom is 0.373 e. The van der Waals surface area contributed by atoms with Crippen molar-refractivity contribution in [3.8, 4) is 0 Å². The highest BCUT2D eigenvalue weighted by Crippen LogP contribution is 2.07. The lowest BCUT2D eigenvalue weighted by Crippen LogP contribution is -1.93. The lowest BCUT2D eigenvalue weighted by atomic mass is 10.0. The molecule has 0 saturated heterocycles. The molecule has 0 spiro atoms. The maximum atomic E-state index is 8.12. The van der Waals surface area contributed by atoms with Crippen molar-refractivity contribution in [2.45, 2.75) is 27.7 Å². The second-order valence-electron chi connectivity index (χ2n) is 3.17. The van der Waals surface area contributed by atoms with Gasteiger partial charge in [0.15, 0.2) is 0 Å². The Balaban J connectivity index is -0.0000000933. The van der Waals surface area contributed by atoms with Gasteiger partial charge in [0.1, 0.15) is 0 Å². The first kappa shape index (κ1) is 16.4. The Hall–Kier alpha value is -1.24. The fraction of sp³-hybridized carbons (Fsp3) is 0.714. The van der Waals surface area contributed by atoms with E-state index in [1.54, 1.807) is 0 Å². The highest BCUT2D eigenvalue weighted by Gasteiger charge is 1.95. The van der Waals surface area contributed by atoms with Crippen molar-refractivity contribution in [1.82, 2.24) is 0 Å². The average molecular weight is 160 g/mol.